The van der Waals surface area contributed by atoms with Gasteiger partial charge in [0.15, 0.2) is 0 Å². The highest BCUT2D eigenvalue weighted by atomic mass is 35.5. The van der Waals surface area contributed by atoms with Crippen molar-refractivity contribution in [1.82, 2.24) is 10.6 Å². The molecule has 1 aliphatic heterocycles. The van der Waals surface area contributed by atoms with E-state index in [1.165, 1.54) is 6.92 Å². The van der Waals surface area contributed by atoms with Gasteiger partial charge in [-0.3, -0.25) is 14.9 Å². The van der Waals surface area contributed by atoms with Crippen LogP contribution < -0.4 is 10.6 Å². The number of rotatable bonds is 6. The number of nitrogens with one attached hydrogen (secondary N) is 2. The molecule has 5 nitrogen and oxygen atoms in total. The fraction of sp³-hybridized carbons (Fsp3) is 0.714. The van der Waals surface area contributed by atoms with Crippen LogP contribution in [0.25, 0.3) is 0 Å². The summed E-state index contributed by atoms with van der Waals surface area (Å²) in [4.78, 5) is 22.4. The molecule has 1 fully saturated rings. The average Bonchev–Trinajstić information content (AvgIpc) is 2.70. The maximum atomic E-state index is 11.3. The molecule has 116 valence electrons. The Kier molecular flexibility index (Phi) is 7.83. The van der Waals surface area contributed by atoms with Gasteiger partial charge in [-0.2, -0.15) is 0 Å². The summed E-state index contributed by atoms with van der Waals surface area (Å²) in [5, 5.41) is 15.2. The lowest BCUT2D eigenvalue weighted by molar-refractivity contribution is -0.139. The first-order chi connectivity index (χ1) is 8.85. The fourth-order valence-electron chi connectivity index (χ4n) is 2.74. The van der Waals surface area contributed by atoms with Crippen LogP contribution in [0.2, 0.25) is 0 Å². The van der Waals surface area contributed by atoms with Gasteiger partial charge >= 0.3 is 5.97 Å². The Bertz CT molecular complexity index is 360. The molecule has 0 aliphatic carbocycles. The third kappa shape index (κ3) is 5.13. The standard InChI is InChI=1S/C14H24N2O3.ClH/c1-5-10-7-12(14(18)19)16-13(10)11(6-8(2)3)15-9(4)17;/h5,8,10-13,16H,1,6-7H2,2-4H3,(H,15,17)(H,18,19);1H/t10-,11+,12-,13-;/m1./s1. The Labute approximate surface area is 126 Å². The topological polar surface area (TPSA) is 78.4 Å². The third-order valence-electron chi connectivity index (χ3n) is 3.51. The number of carbonyl (C=O) groups excluding carboxylic acids is 1. The zero-order valence-corrected chi connectivity index (χ0v) is 13.1. The number of carboxylic acids is 1. The van der Waals surface area contributed by atoms with Crippen LogP contribution in [-0.4, -0.2) is 35.1 Å². The molecule has 0 aromatic carbocycles. The average molecular weight is 305 g/mol. The van der Waals surface area contributed by atoms with Crippen molar-refractivity contribution in [2.75, 3.05) is 0 Å². The van der Waals surface area contributed by atoms with Crippen LogP contribution in [-0.2, 0) is 9.59 Å². The summed E-state index contributed by atoms with van der Waals surface area (Å²) in [6.45, 7) is 9.44. The van der Waals surface area contributed by atoms with E-state index < -0.39 is 12.0 Å². The number of carbonyl (C=O) groups is 2. The third-order valence-corrected chi connectivity index (χ3v) is 3.51. The zero-order valence-electron chi connectivity index (χ0n) is 12.3. The van der Waals surface area contributed by atoms with Gasteiger partial charge in [0.25, 0.3) is 0 Å². The normalized spacial score (nSPS) is 26.7. The predicted octanol–water partition coefficient (Wildman–Crippen LogP) is 1.58. The minimum Gasteiger partial charge on any atom is -0.480 e. The smallest absolute Gasteiger partial charge is 0.320 e. The Morgan fingerprint density at radius 2 is 2.10 bits per heavy atom. The largest absolute Gasteiger partial charge is 0.480 e. The lowest BCUT2D eigenvalue weighted by atomic mass is 9.89. The van der Waals surface area contributed by atoms with Gasteiger partial charge in [0.2, 0.25) is 5.91 Å². The summed E-state index contributed by atoms with van der Waals surface area (Å²) in [5.74, 6) is -0.445. The molecule has 1 amide bonds. The van der Waals surface area contributed by atoms with Gasteiger partial charge in [0.1, 0.15) is 6.04 Å². The van der Waals surface area contributed by atoms with E-state index in [0.29, 0.717) is 12.3 Å². The summed E-state index contributed by atoms with van der Waals surface area (Å²) in [7, 11) is 0. The zero-order chi connectivity index (χ0) is 14.6. The fourth-order valence-corrected chi connectivity index (χ4v) is 2.74. The predicted molar refractivity (Wildman–Crippen MR) is 81.0 cm³/mol. The van der Waals surface area contributed by atoms with E-state index in [-0.39, 0.29) is 36.3 Å². The van der Waals surface area contributed by atoms with Crippen LogP contribution in [0.15, 0.2) is 12.7 Å². The molecule has 0 unspecified atom stereocenters. The number of aliphatic carboxylic acids is 1. The first-order valence-corrected chi connectivity index (χ1v) is 6.73. The summed E-state index contributed by atoms with van der Waals surface area (Å²) >= 11 is 0. The number of amides is 1. The van der Waals surface area contributed by atoms with Crippen molar-refractivity contribution in [3.05, 3.63) is 12.7 Å². The van der Waals surface area contributed by atoms with Gasteiger partial charge in [-0.05, 0) is 24.7 Å². The molecule has 3 N–H and O–H groups in total. The van der Waals surface area contributed by atoms with Crippen LogP contribution in [0.1, 0.15) is 33.6 Å². The van der Waals surface area contributed by atoms with Crippen LogP contribution >= 0.6 is 12.4 Å². The van der Waals surface area contributed by atoms with Gasteiger partial charge in [0, 0.05) is 19.0 Å². The van der Waals surface area contributed by atoms with Crippen molar-refractivity contribution in [2.24, 2.45) is 11.8 Å². The van der Waals surface area contributed by atoms with Gasteiger partial charge in [-0.25, -0.2) is 0 Å². The van der Waals surface area contributed by atoms with E-state index in [9.17, 15) is 9.59 Å². The molecule has 0 bridgehead atoms. The Hall–Kier alpha value is -1.07. The van der Waals surface area contributed by atoms with E-state index in [4.69, 9.17) is 5.11 Å². The van der Waals surface area contributed by atoms with Crippen molar-refractivity contribution < 1.29 is 14.7 Å². The second kappa shape index (κ2) is 8.27. The summed E-state index contributed by atoms with van der Waals surface area (Å²) in [6.07, 6.45) is 3.13. The highest BCUT2D eigenvalue weighted by Crippen LogP contribution is 2.26. The highest BCUT2D eigenvalue weighted by Gasteiger charge is 2.40. The van der Waals surface area contributed by atoms with E-state index in [1.54, 1.807) is 6.08 Å². The Morgan fingerprint density at radius 3 is 2.50 bits per heavy atom. The molecule has 0 aromatic rings. The van der Waals surface area contributed by atoms with Crippen molar-refractivity contribution in [3.63, 3.8) is 0 Å². The molecule has 0 aromatic heterocycles. The molecule has 6 heteroatoms. The van der Waals surface area contributed by atoms with Crippen molar-refractivity contribution in [3.8, 4) is 0 Å². The van der Waals surface area contributed by atoms with E-state index in [0.717, 1.165) is 6.42 Å². The maximum absolute atomic E-state index is 11.3. The summed E-state index contributed by atoms with van der Waals surface area (Å²) in [5.41, 5.74) is 0. The summed E-state index contributed by atoms with van der Waals surface area (Å²) < 4.78 is 0. The first kappa shape index (κ1) is 18.9. The number of hydrogen-bond donors (Lipinski definition) is 3. The number of hydrogen-bond acceptors (Lipinski definition) is 3. The SMILES string of the molecule is C=C[C@@H]1C[C@H](C(=O)O)N[C@H]1[C@H](CC(C)C)NC(C)=O.Cl. The van der Waals surface area contributed by atoms with Crippen molar-refractivity contribution in [2.45, 2.75) is 51.7 Å². The maximum Gasteiger partial charge on any atom is 0.320 e. The number of halogens is 1. The van der Waals surface area contributed by atoms with Crippen LogP contribution in [0.4, 0.5) is 0 Å². The second-order valence-electron chi connectivity index (χ2n) is 5.66. The summed E-state index contributed by atoms with van der Waals surface area (Å²) in [6, 6.07) is -0.689. The highest BCUT2D eigenvalue weighted by molar-refractivity contribution is 5.85. The lowest BCUT2D eigenvalue weighted by Gasteiger charge is -2.29. The van der Waals surface area contributed by atoms with Crippen molar-refractivity contribution >= 4 is 24.3 Å². The molecular weight excluding hydrogens is 280 g/mol. The minimum atomic E-state index is -0.847. The van der Waals surface area contributed by atoms with E-state index in [1.807, 2.05) is 0 Å². The van der Waals surface area contributed by atoms with Crippen LogP contribution in [0, 0.1) is 11.8 Å². The monoisotopic (exact) mass is 304 g/mol. The first-order valence-electron chi connectivity index (χ1n) is 6.73. The molecule has 0 radical (unpaired) electrons. The van der Waals surface area contributed by atoms with Crippen LogP contribution in [0.3, 0.4) is 0 Å². The van der Waals surface area contributed by atoms with Gasteiger partial charge in [0.05, 0.1) is 0 Å². The Morgan fingerprint density at radius 1 is 1.50 bits per heavy atom. The molecule has 0 spiro atoms. The number of carboxylic acid groups (broad SMARTS) is 1. The van der Waals surface area contributed by atoms with Gasteiger partial charge < -0.3 is 10.4 Å². The molecule has 1 heterocycles. The molecule has 4 atom stereocenters. The van der Waals surface area contributed by atoms with E-state index >= 15 is 0 Å². The molecular formula is C14H25ClN2O3. The molecule has 0 saturated carbocycles. The van der Waals surface area contributed by atoms with Crippen molar-refractivity contribution in [1.29, 1.82) is 0 Å². The minimum absolute atomic E-state index is 0. The van der Waals surface area contributed by atoms with Crippen LogP contribution in [0.5, 0.6) is 0 Å². The second-order valence-corrected chi connectivity index (χ2v) is 5.66. The van der Waals surface area contributed by atoms with Gasteiger partial charge in [-0.15, -0.1) is 19.0 Å². The lowest BCUT2D eigenvalue weighted by Crippen LogP contribution is -2.51. The van der Waals surface area contributed by atoms with E-state index in [2.05, 4.69) is 31.1 Å². The van der Waals surface area contributed by atoms with Gasteiger partial charge in [-0.1, -0.05) is 19.9 Å². The Balaban J connectivity index is 0.00000361. The molecule has 1 saturated heterocycles. The molecule has 1 aliphatic rings. The molecule has 20 heavy (non-hydrogen) atoms. The quantitative estimate of drug-likeness (QED) is 0.651. The molecule has 1 rings (SSSR count).